The summed E-state index contributed by atoms with van der Waals surface area (Å²) >= 11 is 1.44. The third-order valence-corrected chi connectivity index (χ3v) is 9.37. The lowest BCUT2D eigenvalue weighted by Gasteiger charge is -2.25. The van der Waals surface area contributed by atoms with Gasteiger partial charge in [-0.05, 0) is 78.5 Å². The molecule has 0 aliphatic heterocycles. The summed E-state index contributed by atoms with van der Waals surface area (Å²) < 4.78 is 0. The summed E-state index contributed by atoms with van der Waals surface area (Å²) in [5, 5.41) is 7.76. The normalized spacial score (nSPS) is 18.3. The molecule has 2 aliphatic rings. The minimum Gasteiger partial charge on any atom is -0.293 e. The van der Waals surface area contributed by atoms with Crippen LogP contribution < -0.4 is 0 Å². The van der Waals surface area contributed by atoms with E-state index in [4.69, 9.17) is 0 Å². The third kappa shape index (κ3) is 3.50. The van der Waals surface area contributed by atoms with Crippen LogP contribution in [0.5, 0.6) is 0 Å². The van der Waals surface area contributed by atoms with Crippen molar-refractivity contribution in [1.82, 2.24) is 0 Å². The first-order valence-corrected chi connectivity index (χ1v) is 14.1. The van der Waals surface area contributed by atoms with Gasteiger partial charge in [0.15, 0.2) is 11.6 Å². The molecule has 2 aliphatic carbocycles. The predicted molar refractivity (Wildman–Crippen MR) is 165 cm³/mol. The molecule has 0 aromatic heterocycles. The molecule has 8 rings (SSSR count). The largest absolute Gasteiger partial charge is 0.293 e. The van der Waals surface area contributed by atoms with Crippen molar-refractivity contribution in [2.24, 2.45) is 0 Å². The summed E-state index contributed by atoms with van der Waals surface area (Å²) in [6.07, 6.45) is 7.98. The van der Waals surface area contributed by atoms with Gasteiger partial charge in [-0.1, -0.05) is 97.1 Å². The van der Waals surface area contributed by atoms with Crippen LogP contribution in [0.25, 0.3) is 55.2 Å². The summed E-state index contributed by atoms with van der Waals surface area (Å²) in [5.41, 5.74) is 3.38. The van der Waals surface area contributed by atoms with Crippen LogP contribution in [0.4, 0.5) is 0 Å². The van der Waals surface area contributed by atoms with Gasteiger partial charge < -0.3 is 0 Å². The molecule has 6 aromatic rings. The first kappa shape index (κ1) is 22.5. The second kappa shape index (κ2) is 8.52. The Balaban J connectivity index is 1.17. The molecule has 0 spiro atoms. The Morgan fingerprint density at radius 3 is 1.31 bits per heavy atom. The zero-order chi connectivity index (χ0) is 26.1. The van der Waals surface area contributed by atoms with E-state index in [0.717, 1.165) is 65.3 Å². The van der Waals surface area contributed by atoms with E-state index in [1.165, 1.54) is 11.8 Å². The Morgan fingerprint density at radius 1 is 0.462 bits per heavy atom. The van der Waals surface area contributed by atoms with Gasteiger partial charge >= 0.3 is 0 Å². The molecule has 0 fully saturated rings. The Kier molecular flexibility index (Phi) is 4.92. The zero-order valence-corrected chi connectivity index (χ0v) is 21.7. The summed E-state index contributed by atoms with van der Waals surface area (Å²) in [7, 11) is 0. The molecule has 0 bridgehead atoms. The van der Waals surface area contributed by atoms with Crippen LogP contribution in [0.2, 0.25) is 0 Å². The highest BCUT2D eigenvalue weighted by atomic mass is 32.2. The highest BCUT2D eigenvalue weighted by molar-refractivity contribution is 8.02. The van der Waals surface area contributed by atoms with Crippen LogP contribution >= 0.6 is 11.8 Å². The van der Waals surface area contributed by atoms with Gasteiger partial charge in [0.25, 0.3) is 0 Å². The number of ketones is 2. The van der Waals surface area contributed by atoms with E-state index in [9.17, 15) is 9.59 Å². The molecule has 0 heterocycles. The van der Waals surface area contributed by atoms with Crippen LogP contribution in [0.15, 0.2) is 109 Å². The van der Waals surface area contributed by atoms with Crippen LogP contribution in [-0.4, -0.2) is 22.1 Å². The minimum atomic E-state index is -0.425. The molecule has 0 radical (unpaired) electrons. The van der Waals surface area contributed by atoms with Crippen molar-refractivity contribution in [3.05, 3.63) is 131 Å². The lowest BCUT2D eigenvalue weighted by Crippen LogP contribution is -2.27. The molecular formula is C36H22O2S. The molecule has 2 atom stereocenters. The molecule has 0 N–H and O–H groups in total. The van der Waals surface area contributed by atoms with Gasteiger partial charge in [-0.2, -0.15) is 0 Å². The number of Topliss-reactive ketones (excluding diaryl/α,β-unsaturated/α-hetero) is 2. The van der Waals surface area contributed by atoms with Crippen molar-refractivity contribution in [3.63, 3.8) is 0 Å². The van der Waals surface area contributed by atoms with Crippen LogP contribution in [-0.2, 0) is 0 Å². The molecule has 0 amide bonds. The lowest BCUT2D eigenvalue weighted by molar-refractivity contribution is 0.100. The fourth-order valence-electron chi connectivity index (χ4n) is 6.10. The van der Waals surface area contributed by atoms with E-state index in [-0.39, 0.29) is 11.6 Å². The Morgan fingerprint density at radius 2 is 0.872 bits per heavy atom. The smallest absolute Gasteiger partial charge is 0.180 e. The molecule has 3 heteroatoms. The van der Waals surface area contributed by atoms with Gasteiger partial charge in [-0.15, -0.1) is 11.8 Å². The average Bonchev–Trinajstić information content (AvgIpc) is 2.97. The Labute approximate surface area is 229 Å². The first-order valence-electron chi connectivity index (χ1n) is 13.2. The maximum atomic E-state index is 13.9. The van der Waals surface area contributed by atoms with Gasteiger partial charge in [0.2, 0.25) is 0 Å². The Bertz CT molecular complexity index is 1950. The third-order valence-electron chi connectivity index (χ3n) is 8.04. The molecule has 6 aromatic carbocycles. The van der Waals surface area contributed by atoms with Crippen molar-refractivity contribution in [1.29, 1.82) is 0 Å². The second-order valence-corrected chi connectivity index (χ2v) is 11.6. The van der Waals surface area contributed by atoms with Crippen LogP contribution in [0.3, 0.4) is 0 Å². The van der Waals surface area contributed by atoms with Crippen molar-refractivity contribution in [2.45, 2.75) is 10.5 Å². The lowest BCUT2D eigenvalue weighted by atomic mass is 9.89. The van der Waals surface area contributed by atoms with Crippen LogP contribution in [0.1, 0.15) is 31.8 Å². The fourth-order valence-corrected chi connectivity index (χ4v) is 7.24. The molecule has 2 nitrogen and oxygen atoms in total. The summed E-state index contributed by atoms with van der Waals surface area (Å²) in [6.45, 7) is 0. The topological polar surface area (TPSA) is 34.1 Å². The van der Waals surface area contributed by atoms with E-state index in [1.807, 2.05) is 60.7 Å². The number of thioether (sulfide) groups is 1. The Hall–Kier alpha value is -4.47. The van der Waals surface area contributed by atoms with Gasteiger partial charge in [0.05, 0.1) is 10.5 Å². The second-order valence-electron chi connectivity index (χ2n) is 10.3. The standard InChI is InChI=1S/C36H22O2S/c37-35-31(15-13-21-9-11-27-17-23-5-1-3-7-25(23)19-29(27)33(21)35)39-32-16-14-22-10-12-28-18-24-6-2-4-8-26(24)20-30(28)34(22)36(32)38/h1-20,31-32H. The monoisotopic (exact) mass is 518 g/mol. The van der Waals surface area contributed by atoms with Crippen molar-refractivity contribution in [2.75, 3.05) is 0 Å². The van der Waals surface area contributed by atoms with E-state index in [2.05, 4.69) is 60.7 Å². The van der Waals surface area contributed by atoms with E-state index in [0.29, 0.717) is 0 Å². The van der Waals surface area contributed by atoms with Crippen molar-refractivity contribution >= 4 is 78.6 Å². The van der Waals surface area contributed by atoms with Gasteiger partial charge in [-0.3, -0.25) is 9.59 Å². The number of rotatable bonds is 2. The van der Waals surface area contributed by atoms with Crippen molar-refractivity contribution in [3.8, 4) is 0 Å². The highest BCUT2D eigenvalue weighted by Crippen LogP contribution is 2.39. The van der Waals surface area contributed by atoms with E-state index >= 15 is 0 Å². The summed E-state index contributed by atoms with van der Waals surface area (Å²) in [4.78, 5) is 27.9. The summed E-state index contributed by atoms with van der Waals surface area (Å²) in [5.74, 6) is 0.128. The molecule has 2 unspecified atom stereocenters. The summed E-state index contributed by atoms with van der Waals surface area (Å²) in [6, 6.07) is 33.3. The highest BCUT2D eigenvalue weighted by Gasteiger charge is 2.33. The number of benzene rings is 6. The molecule has 184 valence electrons. The minimum absolute atomic E-state index is 0.0642. The van der Waals surface area contributed by atoms with Gasteiger partial charge in [0.1, 0.15) is 0 Å². The molecule has 0 saturated heterocycles. The maximum absolute atomic E-state index is 13.9. The number of carbonyl (C=O) groups excluding carboxylic acids is 2. The quantitative estimate of drug-likeness (QED) is 0.215. The molecular weight excluding hydrogens is 496 g/mol. The zero-order valence-electron chi connectivity index (χ0n) is 20.9. The maximum Gasteiger partial charge on any atom is 0.180 e. The van der Waals surface area contributed by atoms with E-state index in [1.54, 1.807) is 0 Å². The molecule has 39 heavy (non-hydrogen) atoms. The SMILES string of the molecule is O=C1c2c(ccc3cc4ccccc4cc23)C=CC1SC1C=Cc2ccc3cc4ccccc4cc3c2C1=O. The average molecular weight is 519 g/mol. The first-order chi connectivity index (χ1) is 19.1. The van der Waals surface area contributed by atoms with Gasteiger partial charge in [-0.25, -0.2) is 0 Å². The fraction of sp³-hybridized carbons (Fsp3) is 0.0556. The number of hydrogen-bond acceptors (Lipinski definition) is 3. The number of fused-ring (bicyclic) bond motifs is 8. The van der Waals surface area contributed by atoms with Crippen LogP contribution in [0, 0.1) is 0 Å². The van der Waals surface area contributed by atoms with Gasteiger partial charge in [0, 0.05) is 11.1 Å². The van der Waals surface area contributed by atoms with E-state index < -0.39 is 10.5 Å². The number of hydrogen-bond donors (Lipinski definition) is 0. The predicted octanol–water partition coefficient (Wildman–Crippen LogP) is 8.89. The van der Waals surface area contributed by atoms with Crippen molar-refractivity contribution < 1.29 is 9.59 Å². The number of carbonyl (C=O) groups is 2. The molecule has 0 saturated carbocycles.